The summed E-state index contributed by atoms with van der Waals surface area (Å²) in [7, 11) is 0. The van der Waals surface area contributed by atoms with Gasteiger partial charge in [0.1, 0.15) is 11.5 Å². The van der Waals surface area contributed by atoms with Crippen LogP contribution in [0.25, 0.3) is 10.4 Å². The van der Waals surface area contributed by atoms with Crippen LogP contribution in [0.5, 0.6) is 11.5 Å². The molecule has 0 spiro atoms. The topological polar surface area (TPSA) is 52.8 Å². The molecule has 0 amide bonds. The lowest BCUT2D eigenvalue weighted by atomic mass is 10.1. The van der Waals surface area contributed by atoms with E-state index in [0.717, 1.165) is 20.9 Å². The largest absolute Gasteiger partial charge is 0.508 e. The standard InChI is InChI=1S/C21H17Cl2NO2S2/c1-12(24-10-16(27)8-13-2-5-15(25)6-3-13)17-11-28-21(20(17)26)14-4-7-18(22)19(23)9-14/h2-7,9,11,25-26H,8,10H2,1H3. The average molecular weight is 450 g/mol. The molecule has 0 bridgehead atoms. The fourth-order valence-corrected chi connectivity index (χ4v) is 4.17. The van der Waals surface area contributed by atoms with Gasteiger partial charge in [-0.05, 0) is 42.3 Å². The molecular weight excluding hydrogens is 433 g/mol. The molecule has 0 fully saturated rings. The molecule has 1 heterocycles. The summed E-state index contributed by atoms with van der Waals surface area (Å²) in [6.45, 7) is 2.24. The highest BCUT2D eigenvalue weighted by Gasteiger charge is 2.15. The van der Waals surface area contributed by atoms with Crippen LogP contribution in [0.4, 0.5) is 0 Å². The third-order valence-corrected chi connectivity index (χ3v) is 6.20. The van der Waals surface area contributed by atoms with Gasteiger partial charge in [0.25, 0.3) is 0 Å². The molecule has 144 valence electrons. The second kappa shape index (κ2) is 9.05. The summed E-state index contributed by atoms with van der Waals surface area (Å²) in [6.07, 6.45) is 0.608. The number of phenols is 1. The first kappa shape index (κ1) is 20.8. The number of thiophene rings is 1. The van der Waals surface area contributed by atoms with E-state index in [0.29, 0.717) is 34.3 Å². The number of hydrogen-bond donors (Lipinski definition) is 2. The first-order chi connectivity index (χ1) is 13.3. The van der Waals surface area contributed by atoms with Crippen molar-refractivity contribution in [1.82, 2.24) is 0 Å². The van der Waals surface area contributed by atoms with Gasteiger partial charge in [-0.3, -0.25) is 4.99 Å². The van der Waals surface area contributed by atoms with Crippen LogP contribution in [0.2, 0.25) is 10.0 Å². The second-order valence-electron chi connectivity index (χ2n) is 6.24. The van der Waals surface area contributed by atoms with E-state index < -0.39 is 0 Å². The SMILES string of the molecule is CC(=NCC(=S)Cc1ccc(O)cc1)c1csc(-c2ccc(Cl)c(Cl)c2)c1O. The summed E-state index contributed by atoms with van der Waals surface area (Å²) >= 11 is 18.9. The van der Waals surface area contributed by atoms with Gasteiger partial charge in [0.15, 0.2) is 0 Å². The molecule has 3 rings (SSSR count). The summed E-state index contributed by atoms with van der Waals surface area (Å²) in [5.74, 6) is 0.406. The molecule has 2 N–H and O–H groups in total. The van der Waals surface area contributed by atoms with E-state index in [-0.39, 0.29) is 11.5 Å². The number of thiocarbonyl (C=S) groups is 1. The van der Waals surface area contributed by atoms with Gasteiger partial charge < -0.3 is 10.2 Å². The Bertz CT molecular complexity index is 1040. The molecule has 2 aromatic carbocycles. The van der Waals surface area contributed by atoms with E-state index in [1.54, 1.807) is 24.3 Å². The lowest BCUT2D eigenvalue weighted by molar-refractivity contribution is 0.475. The highest BCUT2D eigenvalue weighted by Crippen LogP contribution is 2.40. The van der Waals surface area contributed by atoms with E-state index in [1.165, 1.54) is 11.3 Å². The lowest BCUT2D eigenvalue weighted by Gasteiger charge is -2.05. The number of aliphatic imine (C=N–C) groups is 1. The number of hydrogen-bond acceptors (Lipinski definition) is 5. The van der Waals surface area contributed by atoms with E-state index in [2.05, 4.69) is 4.99 Å². The number of rotatable bonds is 6. The van der Waals surface area contributed by atoms with Gasteiger partial charge in [-0.2, -0.15) is 0 Å². The number of halogens is 2. The molecule has 1 aromatic heterocycles. The normalized spacial score (nSPS) is 11.6. The van der Waals surface area contributed by atoms with Crippen LogP contribution in [0.15, 0.2) is 52.8 Å². The monoisotopic (exact) mass is 449 g/mol. The highest BCUT2D eigenvalue weighted by molar-refractivity contribution is 7.80. The van der Waals surface area contributed by atoms with Crippen LogP contribution in [0.3, 0.4) is 0 Å². The van der Waals surface area contributed by atoms with E-state index in [4.69, 9.17) is 35.4 Å². The first-order valence-corrected chi connectivity index (χ1v) is 10.5. The van der Waals surface area contributed by atoms with Crippen LogP contribution in [-0.4, -0.2) is 27.3 Å². The molecule has 0 atom stereocenters. The van der Waals surface area contributed by atoms with Crippen LogP contribution in [0, 0.1) is 0 Å². The minimum Gasteiger partial charge on any atom is -0.508 e. The Hall–Kier alpha value is -1.92. The van der Waals surface area contributed by atoms with E-state index in [9.17, 15) is 10.2 Å². The lowest BCUT2D eigenvalue weighted by Crippen LogP contribution is -2.06. The molecule has 0 saturated heterocycles. The maximum Gasteiger partial charge on any atom is 0.143 e. The van der Waals surface area contributed by atoms with Crippen molar-refractivity contribution in [3.63, 3.8) is 0 Å². The molecule has 7 heteroatoms. The van der Waals surface area contributed by atoms with Crippen molar-refractivity contribution in [2.75, 3.05) is 6.54 Å². The number of aromatic hydroxyl groups is 2. The van der Waals surface area contributed by atoms with Crippen LogP contribution in [0.1, 0.15) is 18.1 Å². The molecular formula is C21H17Cl2NO2S2. The minimum absolute atomic E-state index is 0.175. The number of benzene rings is 2. The molecule has 0 aliphatic heterocycles. The quantitative estimate of drug-likeness (QED) is 0.331. The summed E-state index contributed by atoms with van der Waals surface area (Å²) in [6, 6.07) is 12.2. The third kappa shape index (κ3) is 4.92. The van der Waals surface area contributed by atoms with Crippen LogP contribution < -0.4 is 0 Å². The number of nitrogens with zero attached hydrogens (tertiary/aromatic N) is 1. The summed E-state index contributed by atoms with van der Waals surface area (Å²) in [4.78, 5) is 6.03. The zero-order valence-corrected chi connectivity index (χ0v) is 18.1. The summed E-state index contributed by atoms with van der Waals surface area (Å²) < 4.78 is 0. The molecule has 3 aromatic rings. The first-order valence-electron chi connectivity index (χ1n) is 8.42. The van der Waals surface area contributed by atoms with Gasteiger partial charge in [-0.15, -0.1) is 11.3 Å². The predicted octanol–water partition coefficient (Wildman–Crippen LogP) is 6.55. The smallest absolute Gasteiger partial charge is 0.143 e. The Morgan fingerprint density at radius 2 is 1.79 bits per heavy atom. The van der Waals surface area contributed by atoms with Crippen molar-refractivity contribution in [3.05, 3.63) is 69.0 Å². The van der Waals surface area contributed by atoms with Gasteiger partial charge in [0.05, 0.1) is 21.5 Å². The predicted molar refractivity (Wildman–Crippen MR) is 123 cm³/mol. The molecule has 0 radical (unpaired) electrons. The van der Waals surface area contributed by atoms with Crippen molar-refractivity contribution in [2.45, 2.75) is 13.3 Å². The van der Waals surface area contributed by atoms with Gasteiger partial charge >= 0.3 is 0 Å². The summed E-state index contributed by atoms with van der Waals surface area (Å²) in [5.41, 5.74) is 3.22. The fourth-order valence-electron chi connectivity index (χ4n) is 2.64. The van der Waals surface area contributed by atoms with E-state index >= 15 is 0 Å². The zero-order chi connectivity index (χ0) is 20.3. The average Bonchev–Trinajstić information content (AvgIpc) is 3.05. The van der Waals surface area contributed by atoms with E-state index in [1.807, 2.05) is 30.5 Å². The molecule has 0 saturated carbocycles. The Morgan fingerprint density at radius 3 is 2.46 bits per heavy atom. The van der Waals surface area contributed by atoms with Crippen molar-refractivity contribution in [1.29, 1.82) is 0 Å². The minimum atomic E-state index is 0.175. The van der Waals surface area contributed by atoms with Crippen molar-refractivity contribution >= 4 is 57.3 Å². The highest BCUT2D eigenvalue weighted by atomic mass is 35.5. The van der Waals surface area contributed by atoms with Gasteiger partial charge in [-0.1, -0.05) is 53.6 Å². The molecule has 0 aliphatic rings. The Labute approximate surface area is 182 Å². The Balaban J connectivity index is 1.72. The Kier molecular flexibility index (Phi) is 6.73. The summed E-state index contributed by atoms with van der Waals surface area (Å²) in [5, 5.41) is 22.8. The molecule has 0 unspecified atom stereocenters. The van der Waals surface area contributed by atoms with Crippen molar-refractivity contribution < 1.29 is 10.2 Å². The maximum atomic E-state index is 10.6. The van der Waals surface area contributed by atoms with Gasteiger partial charge in [-0.25, -0.2) is 0 Å². The molecule has 3 nitrogen and oxygen atoms in total. The van der Waals surface area contributed by atoms with Crippen LogP contribution >= 0.6 is 46.8 Å². The second-order valence-corrected chi connectivity index (χ2v) is 8.51. The Morgan fingerprint density at radius 1 is 1.07 bits per heavy atom. The zero-order valence-electron chi connectivity index (χ0n) is 14.9. The molecule has 0 aliphatic carbocycles. The van der Waals surface area contributed by atoms with Gasteiger partial charge in [0.2, 0.25) is 0 Å². The van der Waals surface area contributed by atoms with Crippen molar-refractivity contribution in [2.24, 2.45) is 4.99 Å². The molecule has 28 heavy (non-hydrogen) atoms. The fraction of sp³-hybridized carbons (Fsp3) is 0.143. The van der Waals surface area contributed by atoms with Crippen molar-refractivity contribution in [3.8, 4) is 21.9 Å². The third-order valence-electron chi connectivity index (χ3n) is 4.17. The number of phenolic OH excluding ortho intramolecular Hbond substituents is 1. The maximum absolute atomic E-state index is 10.6. The van der Waals surface area contributed by atoms with Gasteiger partial charge in [0, 0.05) is 27.9 Å². The van der Waals surface area contributed by atoms with Crippen LogP contribution in [-0.2, 0) is 6.42 Å².